The van der Waals surface area contributed by atoms with Crippen molar-refractivity contribution < 1.29 is 4.74 Å². The lowest BCUT2D eigenvalue weighted by atomic mass is 9.98. The molecule has 0 bridgehead atoms. The summed E-state index contributed by atoms with van der Waals surface area (Å²) in [6.45, 7) is 2.74. The molecule has 2 atom stereocenters. The highest BCUT2D eigenvalue weighted by molar-refractivity contribution is 6.31. The zero-order chi connectivity index (χ0) is 19.4. The van der Waals surface area contributed by atoms with Crippen molar-refractivity contribution >= 4 is 50.7 Å². The molecular formula is C21H25Cl2N3O. The summed E-state index contributed by atoms with van der Waals surface area (Å²) in [5, 5.41) is 6.36. The minimum Gasteiger partial charge on any atom is -0.497 e. The SMILES string of the molecule is COc1ccc2nc3cc(Cl)ccc3c(NC(CN)CC(C)CCCl)c2c1. The first-order valence-electron chi connectivity index (χ1n) is 9.15. The summed E-state index contributed by atoms with van der Waals surface area (Å²) < 4.78 is 5.42. The summed E-state index contributed by atoms with van der Waals surface area (Å²) in [6.07, 6.45) is 1.92. The van der Waals surface area contributed by atoms with Gasteiger partial charge in [-0.1, -0.05) is 18.5 Å². The number of halogens is 2. The smallest absolute Gasteiger partial charge is 0.119 e. The molecule has 0 fully saturated rings. The average molecular weight is 406 g/mol. The van der Waals surface area contributed by atoms with Crippen LogP contribution >= 0.6 is 23.2 Å². The molecule has 0 amide bonds. The molecule has 27 heavy (non-hydrogen) atoms. The maximum absolute atomic E-state index is 6.19. The third kappa shape index (κ3) is 4.57. The Balaban J connectivity index is 2.11. The highest BCUT2D eigenvalue weighted by Gasteiger charge is 2.16. The number of hydrogen-bond acceptors (Lipinski definition) is 4. The van der Waals surface area contributed by atoms with Crippen LogP contribution in [-0.4, -0.2) is 30.6 Å². The van der Waals surface area contributed by atoms with Gasteiger partial charge in [-0.25, -0.2) is 4.98 Å². The van der Waals surface area contributed by atoms with E-state index in [1.807, 2.05) is 36.4 Å². The number of rotatable bonds is 8. The van der Waals surface area contributed by atoms with Gasteiger partial charge in [0.25, 0.3) is 0 Å². The molecule has 3 rings (SSSR count). The van der Waals surface area contributed by atoms with Crippen molar-refractivity contribution in [1.29, 1.82) is 0 Å². The van der Waals surface area contributed by atoms with E-state index in [0.717, 1.165) is 46.1 Å². The molecule has 144 valence electrons. The highest BCUT2D eigenvalue weighted by Crippen LogP contribution is 2.35. The van der Waals surface area contributed by atoms with Gasteiger partial charge >= 0.3 is 0 Å². The Labute approximate surface area is 170 Å². The van der Waals surface area contributed by atoms with Crippen LogP contribution in [0.2, 0.25) is 5.02 Å². The van der Waals surface area contributed by atoms with Crippen LogP contribution in [0, 0.1) is 5.92 Å². The first-order chi connectivity index (χ1) is 13.0. The number of anilines is 1. The summed E-state index contributed by atoms with van der Waals surface area (Å²) in [4.78, 5) is 4.77. The van der Waals surface area contributed by atoms with E-state index in [1.54, 1.807) is 7.11 Å². The molecule has 1 aromatic heterocycles. The van der Waals surface area contributed by atoms with Crippen LogP contribution in [0.25, 0.3) is 21.8 Å². The summed E-state index contributed by atoms with van der Waals surface area (Å²) >= 11 is 12.1. The van der Waals surface area contributed by atoms with Gasteiger partial charge in [-0.15, -0.1) is 11.6 Å². The number of nitrogens with two attached hydrogens (primary N) is 1. The van der Waals surface area contributed by atoms with Crippen molar-refractivity contribution in [1.82, 2.24) is 4.98 Å². The number of pyridine rings is 1. The zero-order valence-corrected chi connectivity index (χ0v) is 17.1. The number of methoxy groups -OCH3 is 1. The van der Waals surface area contributed by atoms with E-state index in [-0.39, 0.29) is 6.04 Å². The molecule has 0 aliphatic rings. The minimum atomic E-state index is 0.138. The van der Waals surface area contributed by atoms with Gasteiger partial charge in [-0.3, -0.25) is 0 Å². The molecule has 0 saturated heterocycles. The Bertz CT molecular complexity index is 932. The van der Waals surface area contributed by atoms with Crippen LogP contribution < -0.4 is 15.8 Å². The molecule has 0 radical (unpaired) electrons. The third-order valence-electron chi connectivity index (χ3n) is 4.86. The molecule has 3 N–H and O–H groups in total. The molecule has 0 saturated carbocycles. The Hall–Kier alpha value is -1.75. The van der Waals surface area contributed by atoms with Gasteiger partial charge in [0.1, 0.15) is 5.75 Å². The Kier molecular flexibility index (Phi) is 6.64. The summed E-state index contributed by atoms with van der Waals surface area (Å²) in [6, 6.07) is 11.8. The second kappa shape index (κ2) is 8.96. The van der Waals surface area contributed by atoms with E-state index in [4.69, 9.17) is 38.7 Å². The number of nitrogens with one attached hydrogen (secondary N) is 1. The van der Waals surface area contributed by atoms with Gasteiger partial charge < -0.3 is 15.8 Å². The number of fused-ring (bicyclic) bond motifs is 2. The maximum atomic E-state index is 6.19. The van der Waals surface area contributed by atoms with Gasteiger partial charge in [-0.05, 0) is 55.2 Å². The Morgan fingerprint density at radius 3 is 2.67 bits per heavy atom. The molecule has 2 unspecified atom stereocenters. The average Bonchev–Trinajstić information content (AvgIpc) is 2.66. The molecule has 4 nitrogen and oxygen atoms in total. The third-order valence-corrected chi connectivity index (χ3v) is 5.32. The van der Waals surface area contributed by atoms with E-state index >= 15 is 0 Å². The summed E-state index contributed by atoms with van der Waals surface area (Å²) in [5.41, 5.74) is 8.83. The van der Waals surface area contributed by atoms with Crippen LogP contribution in [-0.2, 0) is 0 Å². The summed E-state index contributed by atoms with van der Waals surface area (Å²) in [5.74, 6) is 1.95. The second-order valence-corrected chi connectivity index (χ2v) is 7.74. The topological polar surface area (TPSA) is 60.2 Å². The van der Waals surface area contributed by atoms with E-state index in [9.17, 15) is 0 Å². The highest BCUT2D eigenvalue weighted by atomic mass is 35.5. The Morgan fingerprint density at radius 2 is 1.96 bits per heavy atom. The molecule has 3 aromatic rings. The number of nitrogens with zero attached hydrogens (tertiary/aromatic N) is 1. The quantitative estimate of drug-likeness (QED) is 0.386. The number of benzene rings is 2. The monoisotopic (exact) mass is 405 g/mol. The fourth-order valence-electron chi connectivity index (χ4n) is 3.39. The normalized spacial score (nSPS) is 13.7. The molecule has 1 heterocycles. The van der Waals surface area contributed by atoms with E-state index in [1.165, 1.54) is 0 Å². The second-order valence-electron chi connectivity index (χ2n) is 6.93. The Morgan fingerprint density at radius 1 is 1.15 bits per heavy atom. The first-order valence-corrected chi connectivity index (χ1v) is 10.1. The lowest BCUT2D eigenvalue weighted by molar-refractivity contribution is 0.415. The number of ether oxygens (including phenoxy) is 1. The van der Waals surface area contributed by atoms with Crippen LogP contribution in [0.5, 0.6) is 5.75 Å². The lowest BCUT2D eigenvalue weighted by Gasteiger charge is -2.23. The van der Waals surface area contributed by atoms with Crippen LogP contribution in [0.1, 0.15) is 19.8 Å². The minimum absolute atomic E-state index is 0.138. The van der Waals surface area contributed by atoms with E-state index < -0.39 is 0 Å². The predicted octanol–water partition coefficient (Wildman–Crippen LogP) is 5.44. The largest absolute Gasteiger partial charge is 0.497 e. The fourth-order valence-corrected chi connectivity index (χ4v) is 3.93. The number of aromatic nitrogens is 1. The molecule has 0 aliphatic carbocycles. The zero-order valence-electron chi connectivity index (χ0n) is 15.6. The first kappa shape index (κ1) is 20.0. The van der Waals surface area contributed by atoms with E-state index in [2.05, 4.69) is 12.2 Å². The van der Waals surface area contributed by atoms with Crippen LogP contribution in [0.15, 0.2) is 36.4 Å². The van der Waals surface area contributed by atoms with E-state index in [0.29, 0.717) is 23.4 Å². The molecule has 0 aliphatic heterocycles. The van der Waals surface area contributed by atoms with Crippen molar-refractivity contribution in [2.75, 3.05) is 24.9 Å². The van der Waals surface area contributed by atoms with Crippen LogP contribution in [0.4, 0.5) is 5.69 Å². The molecule has 2 aromatic carbocycles. The van der Waals surface area contributed by atoms with Gasteiger partial charge in [0.2, 0.25) is 0 Å². The van der Waals surface area contributed by atoms with Crippen molar-refractivity contribution in [2.45, 2.75) is 25.8 Å². The van der Waals surface area contributed by atoms with Gasteiger partial charge in [0.15, 0.2) is 0 Å². The van der Waals surface area contributed by atoms with Crippen molar-refractivity contribution in [3.05, 3.63) is 41.4 Å². The maximum Gasteiger partial charge on any atom is 0.119 e. The van der Waals surface area contributed by atoms with Gasteiger partial charge in [0.05, 0.1) is 23.8 Å². The summed E-state index contributed by atoms with van der Waals surface area (Å²) in [7, 11) is 1.67. The number of hydrogen-bond donors (Lipinski definition) is 2. The number of alkyl halides is 1. The molecule has 6 heteroatoms. The predicted molar refractivity (Wildman–Crippen MR) is 116 cm³/mol. The molecule has 0 spiro atoms. The van der Waals surface area contributed by atoms with Crippen LogP contribution in [0.3, 0.4) is 0 Å². The lowest BCUT2D eigenvalue weighted by Crippen LogP contribution is -2.31. The molecular weight excluding hydrogens is 381 g/mol. The fraction of sp³-hybridized carbons (Fsp3) is 0.381. The van der Waals surface area contributed by atoms with Gasteiger partial charge in [0, 0.05) is 34.3 Å². The van der Waals surface area contributed by atoms with Crippen molar-refractivity contribution in [3.8, 4) is 5.75 Å². The van der Waals surface area contributed by atoms with Gasteiger partial charge in [-0.2, -0.15) is 0 Å². The van der Waals surface area contributed by atoms with Crippen molar-refractivity contribution in [3.63, 3.8) is 0 Å². The standard InChI is InChI=1S/C21H25Cl2N3O/c1-13(7-8-22)9-15(12-24)25-21-17-5-3-14(23)10-20(17)26-19-6-4-16(27-2)11-18(19)21/h3-6,10-11,13,15H,7-9,12,24H2,1-2H3,(H,25,26). The van der Waals surface area contributed by atoms with Crippen molar-refractivity contribution in [2.24, 2.45) is 11.7 Å².